The lowest BCUT2D eigenvalue weighted by atomic mass is 9.90. The van der Waals surface area contributed by atoms with E-state index in [1.807, 2.05) is 24.3 Å². The zero-order valence-corrected chi connectivity index (χ0v) is 10.0. The lowest BCUT2D eigenvalue weighted by molar-refractivity contribution is -0.134. The van der Waals surface area contributed by atoms with Crippen molar-refractivity contribution in [3.63, 3.8) is 0 Å². The molecule has 2 rings (SSSR count). The number of benzene rings is 1. The number of piperidine rings is 1. The summed E-state index contributed by atoms with van der Waals surface area (Å²) in [5.41, 5.74) is 2.01. The normalized spacial score (nSPS) is 19.4. The zero-order valence-electron chi connectivity index (χ0n) is 10.0. The summed E-state index contributed by atoms with van der Waals surface area (Å²) in [6.07, 6.45) is 3.09. The van der Waals surface area contributed by atoms with Crippen molar-refractivity contribution in [1.29, 1.82) is 0 Å². The molecule has 1 aliphatic heterocycles. The molecule has 1 fully saturated rings. The maximum absolute atomic E-state index is 11.7. The van der Waals surface area contributed by atoms with Crippen LogP contribution in [-0.4, -0.2) is 18.1 Å². The summed E-state index contributed by atoms with van der Waals surface area (Å²) in [5.74, 6) is -0.645. The van der Waals surface area contributed by atoms with Crippen LogP contribution in [0.2, 0.25) is 0 Å². The molecule has 1 heterocycles. The second-order valence-electron chi connectivity index (χ2n) is 4.45. The molecule has 1 N–H and O–H groups in total. The Morgan fingerprint density at radius 1 is 1.22 bits per heavy atom. The third-order valence-electron chi connectivity index (χ3n) is 3.17. The van der Waals surface area contributed by atoms with E-state index in [4.69, 9.17) is 0 Å². The molecular formula is C14H15NO3. The smallest absolute Gasteiger partial charge is 0.234 e. The Bertz CT molecular complexity index is 464. The Hall–Kier alpha value is -1.97. The van der Waals surface area contributed by atoms with Crippen LogP contribution < -0.4 is 5.32 Å². The monoisotopic (exact) mass is 245 g/mol. The number of aldehydes is 1. The average Bonchev–Trinajstić information content (AvgIpc) is 2.37. The van der Waals surface area contributed by atoms with Crippen LogP contribution in [0.4, 0.5) is 0 Å². The molecule has 1 unspecified atom stereocenters. The first kappa shape index (κ1) is 12.5. The molecule has 0 bridgehead atoms. The number of nitrogens with one attached hydrogen (secondary N) is 1. The van der Waals surface area contributed by atoms with E-state index in [2.05, 4.69) is 5.32 Å². The molecule has 4 nitrogen and oxygen atoms in total. The molecule has 2 amide bonds. The highest BCUT2D eigenvalue weighted by molar-refractivity contribution is 6.00. The van der Waals surface area contributed by atoms with Crippen LogP contribution in [0.25, 0.3) is 0 Å². The van der Waals surface area contributed by atoms with Gasteiger partial charge in [-0.05, 0) is 24.0 Å². The Morgan fingerprint density at radius 2 is 1.94 bits per heavy atom. The summed E-state index contributed by atoms with van der Waals surface area (Å²) >= 11 is 0. The van der Waals surface area contributed by atoms with E-state index >= 15 is 0 Å². The summed E-state index contributed by atoms with van der Waals surface area (Å²) in [6, 6.07) is 7.67. The quantitative estimate of drug-likeness (QED) is 0.643. The van der Waals surface area contributed by atoms with E-state index in [0.29, 0.717) is 19.3 Å². The number of amides is 2. The number of imide groups is 1. The minimum Gasteiger partial charge on any atom is -0.303 e. The summed E-state index contributed by atoms with van der Waals surface area (Å²) in [4.78, 5) is 33.0. The van der Waals surface area contributed by atoms with Crippen LogP contribution >= 0.6 is 0 Å². The van der Waals surface area contributed by atoms with Crippen molar-refractivity contribution in [2.75, 3.05) is 0 Å². The third kappa shape index (κ3) is 2.83. The van der Waals surface area contributed by atoms with Crippen molar-refractivity contribution in [2.24, 2.45) is 0 Å². The van der Waals surface area contributed by atoms with Crippen molar-refractivity contribution in [3.05, 3.63) is 35.4 Å². The highest BCUT2D eigenvalue weighted by Crippen LogP contribution is 2.25. The Balaban J connectivity index is 2.07. The number of hydrogen-bond acceptors (Lipinski definition) is 3. The van der Waals surface area contributed by atoms with Crippen molar-refractivity contribution >= 4 is 18.1 Å². The van der Waals surface area contributed by atoms with E-state index in [0.717, 1.165) is 23.8 Å². The van der Waals surface area contributed by atoms with Gasteiger partial charge in [0.1, 0.15) is 6.29 Å². The SMILES string of the molecule is O=CCCc1ccc(C2CCC(=O)NC2=O)cc1. The van der Waals surface area contributed by atoms with Crippen LogP contribution in [0.5, 0.6) is 0 Å². The Labute approximate surface area is 105 Å². The summed E-state index contributed by atoms with van der Waals surface area (Å²) < 4.78 is 0. The fourth-order valence-corrected chi connectivity index (χ4v) is 2.15. The van der Waals surface area contributed by atoms with Gasteiger partial charge in [0.05, 0.1) is 5.92 Å². The topological polar surface area (TPSA) is 63.2 Å². The first-order valence-corrected chi connectivity index (χ1v) is 6.07. The third-order valence-corrected chi connectivity index (χ3v) is 3.17. The fourth-order valence-electron chi connectivity index (χ4n) is 2.15. The number of carbonyl (C=O) groups is 3. The molecule has 0 radical (unpaired) electrons. The zero-order chi connectivity index (χ0) is 13.0. The van der Waals surface area contributed by atoms with Crippen LogP contribution in [0.3, 0.4) is 0 Å². The van der Waals surface area contributed by atoms with Gasteiger partial charge >= 0.3 is 0 Å². The van der Waals surface area contributed by atoms with Gasteiger partial charge in [0, 0.05) is 12.8 Å². The van der Waals surface area contributed by atoms with Crippen molar-refractivity contribution in [3.8, 4) is 0 Å². The van der Waals surface area contributed by atoms with Crippen LogP contribution in [0.1, 0.15) is 36.3 Å². The summed E-state index contributed by atoms with van der Waals surface area (Å²) in [5, 5.41) is 2.35. The summed E-state index contributed by atoms with van der Waals surface area (Å²) in [6.45, 7) is 0. The van der Waals surface area contributed by atoms with Gasteiger partial charge in [-0.25, -0.2) is 0 Å². The standard InChI is InChI=1S/C14H15NO3/c16-9-1-2-10-3-5-11(6-4-10)12-7-8-13(17)15-14(12)18/h3-6,9,12H,1-2,7-8H2,(H,15,17,18). The van der Waals surface area contributed by atoms with E-state index < -0.39 is 0 Å². The van der Waals surface area contributed by atoms with Gasteiger partial charge in [-0.15, -0.1) is 0 Å². The highest BCUT2D eigenvalue weighted by Gasteiger charge is 2.27. The Kier molecular flexibility index (Phi) is 3.87. The minimum atomic E-state index is -0.233. The predicted octanol–water partition coefficient (Wildman–Crippen LogP) is 1.34. The fraction of sp³-hybridized carbons (Fsp3) is 0.357. The average molecular weight is 245 g/mol. The molecule has 94 valence electrons. The van der Waals surface area contributed by atoms with Crippen LogP contribution in [0, 0.1) is 0 Å². The molecule has 1 atom stereocenters. The number of rotatable bonds is 4. The minimum absolute atomic E-state index is 0.196. The van der Waals surface area contributed by atoms with Gasteiger partial charge in [0.2, 0.25) is 11.8 Å². The van der Waals surface area contributed by atoms with Gasteiger partial charge in [0.25, 0.3) is 0 Å². The molecule has 0 aromatic heterocycles. The first-order valence-electron chi connectivity index (χ1n) is 6.07. The maximum Gasteiger partial charge on any atom is 0.234 e. The van der Waals surface area contributed by atoms with Crippen molar-refractivity contribution < 1.29 is 14.4 Å². The van der Waals surface area contributed by atoms with Crippen LogP contribution in [0.15, 0.2) is 24.3 Å². The summed E-state index contributed by atoms with van der Waals surface area (Å²) in [7, 11) is 0. The lowest BCUT2D eigenvalue weighted by Crippen LogP contribution is -2.39. The molecule has 18 heavy (non-hydrogen) atoms. The highest BCUT2D eigenvalue weighted by atomic mass is 16.2. The number of hydrogen-bond donors (Lipinski definition) is 1. The largest absolute Gasteiger partial charge is 0.303 e. The first-order chi connectivity index (χ1) is 8.70. The van der Waals surface area contributed by atoms with Gasteiger partial charge in [-0.1, -0.05) is 24.3 Å². The second kappa shape index (κ2) is 5.58. The second-order valence-corrected chi connectivity index (χ2v) is 4.45. The Morgan fingerprint density at radius 3 is 2.56 bits per heavy atom. The maximum atomic E-state index is 11.7. The molecule has 1 aliphatic rings. The molecule has 1 aromatic rings. The van der Waals surface area contributed by atoms with Gasteiger partial charge in [0.15, 0.2) is 0 Å². The molecule has 0 aliphatic carbocycles. The molecule has 0 spiro atoms. The molecular weight excluding hydrogens is 230 g/mol. The van der Waals surface area contributed by atoms with E-state index in [1.54, 1.807) is 0 Å². The van der Waals surface area contributed by atoms with Crippen LogP contribution in [-0.2, 0) is 20.8 Å². The van der Waals surface area contributed by atoms with E-state index in [9.17, 15) is 14.4 Å². The van der Waals surface area contributed by atoms with E-state index in [1.165, 1.54) is 0 Å². The van der Waals surface area contributed by atoms with Crippen molar-refractivity contribution in [1.82, 2.24) is 5.32 Å². The molecule has 0 saturated carbocycles. The number of carbonyl (C=O) groups excluding carboxylic acids is 3. The van der Waals surface area contributed by atoms with Gasteiger partial charge in [-0.2, -0.15) is 0 Å². The number of aryl methyl sites for hydroxylation is 1. The predicted molar refractivity (Wildman–Crippen MR) is 66.0 cm³/mol. The molecule has 1 aromatic carbocycles. The molecule has 4 heteroatoms. The van der Waals surface area contributed by atoms with Gasteiger partial charge < -0.3 is 4.79 Å². The molecule has 1 saturated heterocycles. The van der Waals surface area contributed by atoms with Crippen molar-refractivity contribution in [2.45, 2.75) is 31.6 Å². The lowest BCUT2D eigenvalue weighted by Gasteiger charge is -2.21. The van der Waals surface area contributed by atoms with E-state index in [-0.39, 0.29) is 17.7 Å². The van der Waals surface area contributed by atoms with Gasteiger partial charge in [-0.3, -0.25) is 14.9 Å².